The van der Waals surface area contributed by atoms with Gasteiger partial charge in [-0.3, -0.25) is 9.98 Å². The molecule has 0 amide bonds. The van der Waals surface area contributed by atoms with Crippen LogP contribution in [0.3, 0.4) is 0 Å². The third-order valence-electron chi connectivity index (χ3n) is 4.27. The molecule has 0 bridgehead atoms. The minimum Gasteiger partial charge on any atom is -0.252 e. The number of rotatable bonds is 9. The van der Waals surface area contributed by atoms with Gasteiger partial charge >= 0.3 is 0 Å². The summed E-state index contributed by atoms with van der Waals surface area (Å²) in [6.07, 6.45) is 6.45. The largest absolute Gasteiger partial charge is 0.252 e. The molecule has 2 aromatic rings. The number of aliphatic imine (C=N–C) groups is 2. The van der Waals surface area contributed by atoms with Gasteiger partial charge in [-0.25, -0.2) is 0 Å². The van der Waals surface area contributed by atoms with Gasteiger partial charge in [-0.1, -0.05) is 56.9 Å². The summed E-state index contributed by atoms with van der Waals surface area (Å²) >= 11 is 0. The Labute approximate surface area is 180 Å². The van der Waals surface area contributed by atoms with Crippen LogP contribution in [0.5, 0.6) is 0 Å². The van der Waals surface area contributed by atoms with Crippen molar-refractivity contribution in [2.75, 3.05) is 0 Å². The van der Waals surface area contributed by atoms with Crippen molar-refractivity contribution in [3.05, 3.63) is 60.2 Å². The zero-order valence-corrected chi connectivity index (χ0v) is 18.1. The molecule has 0 saturated heterocycles. The smallest absolute Gasteiger partial charge is 0.0646 e. The summed E-state index contributed by atoms with van der Waals surface area (Å²) in [7, 11) is 0. The predicted octanol–water partition coefficient (Wildman–Crippen LogP) is 7.28. The molecule has 0 N–H and O–H groups in total. The van der Waals surface area contributed by atoms with Crippen LogP contribution in [0.25, 0.3) is 0 Å². The van der Waals surface area contributed by atoms with E-state index in [9.17, 15) is 0 Å². The third kappa shape index (κ3) is 8.24. The average Bonchev–Trinajstić information content (AvgIpc) is 2.70. The molecule has 0 unspecified atom stereocenters. The van der Waals surface area contributed by atoms with Crippen LogP contribution in [0.2, 0.25) is 0 Å². The molecule has 0 aliphatic carbocycles. The first-order chi connectivity index (χ1) is 13.3. The first-order valence-corrected chi connectivity index (χ1v) is 10.00. The number of unbranched alkanes of at least 4 members (excludes halogenated alkanes) is 2. The first kappa shape index (κ1) is 23.9. The van der Waals surface area contributed by atoms with E-state index in [2.05, 4.69) is 43.9 Å². The Morgan fingerprint density at radius 1 is 0.786 bits per heavy atom. The summed E-state index contributed by atoms with van der Waals surface area (Å²) in [5.74, 6) is 6.08. The van der Waals surface area contributed by atoms with Gasteiger partial charge < -0.3 is 0 Å². The number of hydrogen-bond donors (Lipinski definition) is 0. The van der Waals surface area contributed by atoms with Gasteiger partial charge in [0, 0.05) is 22.1 Å². The Kier molecular flexibility index (Phi) is 11.9. The van der Waals surface area contributed by atoms with Crippen molar-refractivity contribution in [3.8, 4) is 11.8 Å². The molecule has 0 atom stereocenters. The van der Waals surface area contributed by atoms with Gasteiger partial charge in [-0.15, -0.1) is 5.92 Å². The Morgan fingerprint density at radius 3 is 1.93 bits per heavy atom. The van der Waals surface area contributed by atoms with Crippen LogP contribution >= 0.6 is 0 Å². The van der Waals surface area contributed by atoms with Crippen molar-refractivity contribution >= 4 is 22.8 Å². The summed E-state index contributed by atoms with van der Waals surface area (Å²) in [4.78, 5) is 9.97. The van der Waals surface area contributed by atoms with Crippen molar-refractivity contribution in [1.82, 2.24) is 0 Å². The SMILES string of the molecule is CC#Cc1cccc(N=C(CCCC)C(CCCC)=Nc2ccccc2)c1.[Ni]. The molecule has 2 aromatic carbocycles. The van der Waals surface area contributed by atoms with Crippen LogP contribution in [0.15, 0.2) is 64.6 Å². The van der Waals surface area contributed by atoms with E-state index < -0.39 is 0 Å². The molecule has 0 heterocycles. The minimum absolute atomic E-state index is 0. The number of nitrogens with zero attached hydrogens (tertiary/aromatic N) is 2. The topological polar surface area (TPSA) is 24.7 Å². The Morgan fingerprint density at radius 2 is 1.36 bits per heavy atom. The second-order valence-corrected chi connectivity index (χ2v) is 6.58. The molecule has 2 nitrogen and oxygen atoms in total. The summed E-state index contributed by atoms with van der Waals surface area (Å²) in [5, 5.41) is 0. The standard InChI is InChI=1S/C25H30N2.Ni/c1-4-7-18-24(26-22-15-10-9-11-16-22)25(19-8-5-2)27-23-17-12-14-21(20-23)13-6-3;/h9-12,14-17,20H,4-5,7-8,18-19H2,1-3H3;. The average molecular weight is 417 g/mol. The maximum Gasteiger partial charge on any atom is 0.0646 e. The fraction of sp³-hybridized carbons (Fsp3) is 0.360. The number of para-hydroxylation sites is 1. The van der Waals surface area contributed by atoms with Crippen LogP contribution in [-0.2, 0) is 16.5 Å². The molecule has 0 aliphatic heterocycles. The molecule has 2 rings (SSSR count). The molecule has 150 valence electrons. The van der Waals surface area contributed by atoms with E-state index in [1.54, 1.807) is 0 Å². The van der Waals surface area contributed by atoms with E-state index in [-0.39, 0.29) is 16.5 Å². The molecule has 28 heavy (non-hydrogen) atoms. The van der Waals surface area contributed by atoms with E-state index in [0.717, 1.165) is 66.9 Å². The number of hydrogen-bond acceptors (Lipinski definition) is 2. The summed E-state index contributed by atoms with van der Waals surface area (Å²) < 4.78 is 0. The maximum atomic E-state index is 5.01. The monoisotopic (exact) mass is 416 g/mol. The molecule has 0 fully saturated rings. The van der Waals surface area contributed by atoms with Crippen molar-refractivity contribution in [3.63, 3.8) is 0 Å². The third-order valence-corrected chi connectivity index (χ3v) is 4.27. The Hall–Kier alpha value is -2.17. The minimum atomic E-state index is 0. The van der Waals surface area contributed by atoms with Gasteiger partial charge in [-0.05, 0) is 62.9 Å². The van der Waals surface area contributed by atoms with E-state index in [1.165, 1.54) is 0 Å². The van der Waals surface area contributed by atoms with Gasteiger partial charge in [0.25, 0.3) is 0 Å². The first-order valence-electron chi connectivity index (χ1n) is 10.00. The zero-order chi connectivity index (χ0) is 19.3. The Balaban J connectivity index is 0.00000392. The fourth-order valence-electron chi connectivity index (χ4n) is 2.83. The summed E-state index contributed by atoms with van der Waals surface area (Å²) in [6.45, 7) is 6.29. The van der Waals surface area contributed by atoms with Gasteiger partial charge in [-0.2, -0.15) is 0 Å². The van der Waals surface area contributed by atoms with Crippen molar-refractivity contribution < 1.29 is 16.5 Å². The molecule has 0 aliphatic rings. The fourth-order valence-corrected chi connectivity index (χ4v) is 2.83. The van der Waals surface area contributed by atoms with Gasteiger partial charge in [0.2, 0.25) is 0 Å². The van der Waals surface area contributed by atoms with E-state index in [1.807, 2.05) is 43.3 Å². The van der Waals surface area contributed by atoms with Crippen LogP contribution < -0.4 is 0 Å². The van der Waals surface area contributed by atoms with Crippen LogP contribution in [-0.4, -0.2) is 11.4 Å². The van der Waals surface area contributed by atoms with Crippen LogP contribution in [0.4, 0.5) is 11.4 Å². The Bertz CT molecular complexity index is 826. The zero-order valence-electron chi connectivity index (χ0n) is 17.1. The van der Waals surface area contributed by atoms with Gasteiger partial charge in [0.1, 0.15) is 0 Å². The normalized spacial score (nSPS) is 11.4. The molecule has 0 aromatic heterocycles. The summed E-state index contributed by atoms with van der Waals surface area (Å²) in [6, 6.07) is 18.4. The molecular formula is C25H30N2Ni. The van der Waals surface area contributed by atoms with E-state index >= 15 is 0 Å². The van der Waals surface area contributed by atoms with E-state index in [4.69, 9.17) is 9.98 Å². The second-order valence-electron chi connectivity index (χ2n) is 6.58. The van der Waals surface area contributed by atoms with Gasteiger partial charge in [0.15, 0.2) is 0 Å². The molecule has 3 heteroatoms. The van der Waals surface area contributed by atoms with Crippen molar-refractivity contribution in [2.45, 2.75) is 59.3 Å². The number of benzene rings is 2. The van der Waals surface area contributed by atoms with Crippen LogP contribution in [0.1, 0.15) is 64.9 Å². The summed E-state index contributed by atoms with van der Waals surface area (Å²) in [5.41, 5.74) is 5.18. The second kappa shape index (κ2) is 13.9. The molecule has 0 radical (unpaired) electrons. The van der Waals surface area contributed by atoms with Crippen molar-refractivity contribution in [1.29, 1.82) is 0 Å². The predicted molar refractivity (Wildman–Crippen MR) is 119 cm³/mol. The molecule has 0 spiro atoms. The van der Waals surface area contributed by atoms with E-state index in [0.29, 0.717) is 0 Å². The van der Waals surface area contributed by atoms with Crippen LogP contribution in [0, 0.1) is 11.8 Å². The van der Waals surface area contributed by atoms with Crippen molar-refractivity contribution in [2.24, 2.45) is 9.98 Å². The maximum absolute atomic E-state index is 5.01. The van der Waals surface area contributed by atoms with Gasteiger partial charge in [0.05, 0.1) is 22.8 Å². The quantitative estimate of drug-likeness (QED) is 0.233. The molecular weight excluding hydrogens is 387 g/mol. The molecule has 0 saturated carbocycles.